The fourth-order valence-corrected chi connectivity index (χ4v) is 2.30. The first-order valence-electron chi connectivity index (χ1n) is 6.93. The molecule has 1 fully saturated rings. The zero-order valence-electron chi connectivity index (χ0n) is 11.4. The van der Waals surface area contributed by atoms with Gasteiger partial charge < -0.3 is 5.32 Å². The summed E-state index contributed by atoms with van der Waals surface area (Å²) in [6.45, 7) is 0.341. The average Bonchev–Trinajstić information content (AvgIpc) is 3.17. The highest BCUT2D eigenvalue weighted by Crippen LogP contribution is 2.33. The van der Waals surface area contributed by atoms with Crippen LogP contribution in [0.4, 0.5) is 13.2 Å². The standard InChI is InChI=1S/C15H16F3N3/c16-15(17,18)14-12(8-19-13-6-7-13)9-20-21(14)10-11-4-2-1-3-5-11/h1-5,9,13,19H,6-8,10H2. The smallest absolute Gasteiger partial charge is 0.310 e. The van der Waals surface area contributed by atoms with Gasteiger partial charge in [0.05, 0.1) is 12.7 Å². The van der Waals surface area contributed by atoms with Crippen molar-refractivity contribution in [2.75, 3.05) is 0 Å². The molecule has 1 aliphatic rings. The lowest BCUT2D eigenvalue weighted by atomic mass is 10.2. The molecular weight excluding hydrogens is 279 g/mol. The lowest BCUT2D eigenvalue weighted by molar-refractivity contribution is -0.144. The molecule has 2 aromatic rings. The summed E-state index contributed by atoms with van der Waals surface area (Å²) in [6, 6.07) is 9.41. The summed E-state index contributed by atoms with van der Waals surface area (Å²) in [7, 11) is 0. The minimum Gasteiger partial charge on any atom is -0.310 e. The molecule has 1 aromatic carbocycles. The van der Waals surface area contributed by atoms with E-state index in [0.717, 1.165) is 23.1 Å². The molecule has 1 heterocycles. The summed E-state index contributed by atoms with van der Waals surface area (Å²) in [5, 5.41) is 7.04. The van der Waals surface area contributed by atoms with Crippen LogP contribution in [0.5, 0.6) is 0 Å². The van der Waals surface area contributed by atoms with Crippen LogP contribution in [-0.4, -0.2) is 15.8 Å². The first-order valence-corrected chi connectivity index (χ1v) is 6.93. The van der Waals surface area contributed by atoms with Crippen molar-refractivity contribution >= 4 is 0 Å². The molecule has 21 heavy (non-hydrogen) atoms. The Kier molecular flexibility index (Phi) is 3.71. The van der Waals surface area contributed by atoms with Crippen LogP contribution in [0.1, 0.15) is 29.7 Å². The fraction of sp³-hybridized carbons (Fsp3) is 0.400. The lowest BCUT2D eigenvalue weighted by Crippen LogP contribution is -2.21. The van der Waals surface area contributed by atoms with E-state index in [-0.39, 0.29) is 18.7 Å². The van der Waals surface area contributed by atoms with E-state index in [1.807, 2.05) is 18.2 Å². The summed E-state index contributed by atoms with van der Waals surface area (Å²) in [5.41, 5.74) is 0.359. The summed E-state index contributed by atoms with van der Waals surface area (Å²) < 4.78 is 40.9. The quantitative estimate of drug-likeness (QED) is 0.918. The van der Waals surface area contributed by atoms with E-state index < -0.39 is 11.9 Å². The number of alkyl halides is 3. The second-order valence-corrected chi connectivity index (χ2v) is 5.31. The number of rotatable bonds is 5. The summed E-state index contributed by atoms with van der Waals surface area (Å²) in [6.07, 6.45) is -0.994. The molecule has 0 aliphatic heterocycles. The monoisotopic (exact) mass is 295 g/mol. The van der Waals surface area contributed by atoms with Crippen molar-refractivity contribution < 1.29 is 13.2 Å². The first-order chi connectivity index (χ1) is 10.0. The average molecular weight is 295 g/mol. The molecule has 0 amide bonds. The van der Waals surface area contributed by atoms with E-state index in [1.54, 1.807) is 12.1 Å². The third-order valence-electron chi connectivity index (χ3n) is 3.52. The predicted molar refractivity (Wildman–Crippen MR) is 72.6 cm³/mol. The zero-order chi connectivity index (χ0) is 14.9. The number of hydrogen-bond donors (Lipinski definition) is 1. The van der Waals surface area contributed by atoms with Crippen molar-refractivity contribution in [1.29, 1.82) is 0 Å². The van der Waals surface area contributed by atoms with Crippen molar-refractivity contribution in [2.45, 2.75) is 38.1 Å². The van der Waals surface area contributed by atoms with Gasteiger partial charge in [-0.15, -0.1) is 0 Å². The predicted octanol–water partition coefficient (Wildman–Crippen LogP) is 3.20. The molecule has 1 saturated carbocycles. The van der Waals surface area contributed by atoms with Crippen LogP contribution in [0.2, 0.25) is 0 Å². The third kappa shape index (κ3) is 3.44. The number of nitrogens with one attached hydrogen (secondary N) is 1. The SMILES string of the molecule is FC(F)(F)c1c(CNC2CC2)cnn1Cc1ccccc1. The Balaban J connectivity index is 1.84. The molecule has 112 valence electrons. The molecule has 3 nitrogen and oxygen atoms in total. The van der Waals surface area contributed by atoms with Crippen molar-refractivity contribution in [3.63, 3.8) is 0 Å². The number of halogens is 3. The maximum atomic E-state index is 13.3. The fourth-order valence-electron chi connectivity index (χ4n) is 2.30. The van der Waals surface area contributed by atoms with Gasteiger partial charge in [0.2, 0.25) is 0 Å². The second-order valence-electron chi connectivity index (χ2n) is 5.31. The van der Waals surface area contributed by atoms with Crippen LogP contribution in [0, 0.1) is 0 Å². The Bertz CT molecular complexity index is 600. The molecule has 0 saturated heterocycles. The van der Waals surface area contributed by atoms with Gasteiger partial charge in [-0.1, -0.05) is 30.3 Å². The Morgan fingerprint density at radius 2 is 1.90 bits per heavy atom. The highest BCUT2D eigenvalue weighted by atomic mass is 19.4. The van der Waals surface area contributed by atoms with Crippen LogP contribution in [0.3, 0.4) is 0 Å². The minimum absolute atomic E-state index is 0.124. The maximum Gasteiger partial charge on any atom is 0.433 e. The van der Waals surface area contributed by atoms with Gasteiger partial charge in [-0.25, -0.2) is 0 Å². The molecular formula is C15H16F3N3. The van der Waals surface area contributed by atoms with E-state index in [2.05, 4.69) is 10.4 Å². The van der Waals surface area contributed by atoms with Crippen LogP contribution >= 0.6 is 0 Å². The molecule has 0 radical (unpaired) electrons. The zero-order valence-corrected chi connectivity index (χ0v) is 11.4. The van der Waals surface area contributed by atoms with Crippen LogP contribution < -0.4 is 5.32 Å². The van der Waals surface area contributed by atoms with Crippen molar-refractivity contribution in [3.8, 4) is 0 Å². The highest BCUT2D eigenvalue weighted by Gasteiger charge is 2.38. The maximum absolute atomic E-state index is 13.3. The van der Waals surface area contributed by atoms with E-state index in [1.165, 1.54) is 6.20 Å². The molecule has 0 atom stereocenters. The highest BCUT2D eigenvalue weighted by molar-refractivity contribution is 5.23. The lowest BCUT2D eigenvalue weighted by Gasteiger charge is -2.13. The number of benzene rings is 1. The Hall–Kier alpha value is -1.82. The van der Waals surface area contributed by atoms with Crippen LogP contribution in [-0.2, 0) is 19.3 Å². The van der Waals surface area contributed by atoms with Gasteiger partial charge in [0, 0.05) is 18.2 Å². The topological polar surface area (TPSA) is 29.9 Å². The van der Waals surface area contributed by atoms with Crippen LogP contribution in [0.15, 0.2) is 36.5 Å². The molecule has 3 rings (SSSR count). The Morgan fingerprint density at radius 3 is 2.52 bits per heavy atom. The normalized spacial score (nSPS) is 15.4. The van der Waals surface area contributed by atoms with Crippen molar-refractivity contribution in [3.05, 3.63) is 53.3 Å². The third-order valence-corrected chi connectivity index (χ3v) is 3.52. The Morgan fingerprint density at radius 1 is 1.19 bits per heavy atom. The van der Waals surface area contributed by atoms with Gasteiger partial charge >= 0.3 is 6.18 Å². The summed E-state index contributed by atoms with van der Waals surface area (Å²) >= 11 is 0. The van der Waals surface area contributed by atoms with Crippen molar-refractivity contribution in [2.24, 2.45) is 0 Å². The Labute approximate surface area is 120 Å². The molecule has 6 heteroatoms. The number of nitrogens with zero attached hydrogens (tertiary/aromatic N) is 2. The van der Waals surface area contributed by atoms with E-state index in [9.17, 15) is 13.2 Å². The number of hydrogen-bond acceptors (Lipinski definition) is 2. The summed E-state index contributed by atoms with van der Waals surface area (Å²) in [4.78, 5) is 0. The van der Waals surface area contributed by atoms with Gasteiger partial charge in [-0.05, 0) is 18.4 Å². The molecule has 0 unspecified atom stereocenters. The molecule has 0 bridgehead atoms. The molecule has 1 aliphatic carbocycles. The van der Waals surface area contributed by atoms with Crippen molar-refractivity contribution in [1.82, 2.24) is 15.1 Å². The largest absolute Gasteiger partial charge is 0.433 e. The van der Waals surface area contributed by atoms with Gasteiger partial charge in [-0.3, -0.25) is 4.68 Å². The van der Waals surface area contributed by atoms with Gasteiger partial charge in [0.1, 0.15) is 5.69 Å². The minimum atomic E-state index is -4.40. The first kappa shape index (κ1) is 14.1. The second kappa shape index (κ2) is 5.52. The van der Waals surface area contributed by atoms with Gasteiger partial charge in [-0.2, -0.15) is 18.3 Å². The molecule has 0 spiro atoms. The van der Waals surface area contributed by atoms with E-state index in [0.29, 0.717) is 6.04 Å². The molecule has 1 N–H and O–H groups in total. The van der Waals surface area contributed by atoms with E-state index in [4.69, 9.17) is 0 Å². The van der Waals surface area contributed by atoms with E-state index >= 15 is 0 Å². The van der Waals surface area contributed by atoms with Crippen LogP contribution in [0.25, 0.3) is 0 Å². The molecule has 1 aromatic heterocycles. The van der Waals surface area contributed by atoms with Gasteiger partial charge in [0.15, 0.2) is 0 Å². The number of aromatic nitrogens is 2. The van der Waals surface area contributed by atoms with Gasteiger partial charge in [0.25, 0.3) is 0 Å². The summed E-state index contributed by atoms with van der Waals surface area (Å²) in [5.74, 6) is 0.